The van der Waals surface area contributed by atoms with Crippen molar-refractivity contribution < 1.29 is 14.3 Å². The van der Waals surface area contributed by atoms with Gasteiger partial charge in [0, 0.05) is 30.6 Å². The number of amides is 1. The number of fused-ring (bicyclic) bond motifs is 1. The third-order valence-electron chi connectivity index (χ3n) is 4.57. The van der Waals surface area contributed by atoms with Gasteiger partial charge in [0.1, 0.15) is 16.5 Å². The summed E-state index contributed by atoms with van der Waals surface area (Å²) in [7, 11) is 0. The lowest BCUT2D eigenvalue weighted by atomic mass is 9.96. The van der Waals surface area contributed by atoms with Crippen molar-refractivity contribution in [3.63, 3.8) is 0 Å². The molecular formula is C21H27ClN2O3. The summed E-state index contributed by atoms with van der Waals surface area (Å²) in [6.07, 6.45) is 1.51. The highest BCUT2D eigenvalue weighted by atomic mass is 35.5. The predicted molar refractivity (Wildman–Crippen MR) is 108 cm³/mol. The highest BCUT2D eigenvalue weighted by Crippen LogP contribution is 2.33. The van der Waals surface area contributed by atoms with E-state index in [0.29, 0.717) is 36.7 Å². The van der Waals surface area contributed by atoms with Crippen molar-refractivity contribution in [1.29, 1.82) is 0 Å². The lowest BCUT2D eigenvalue weighted by Gasteiger charge is -2.39. The first kappa shape index (κ1) is 19.7. The van der Waals surface area contributed by atoms with Gasteiger partial charge in [0.2, 0.25) is 0 Å². The second-order valence-electron chi connectivity index (χ2n) is 8.42. The minimum absolute atomic E-state index is 0.260. The molecule has 0 atom stereocenters. The van der Waals surface area contributed by atoms with Gasteiger partial charge in [-0.3, -0.25) is 0 Å². The Hall–Kier alpha value is -2.01. The van der Waals surface area contributed by atoms with Crippen LogP contribution in [0.2, 0.25) is 5.15 Å². The molecule has 0 unspecified atom stereocenters. The lowest BCUT2D eigenvalue weighted by molar-refractivity contribution is -0.00772. The van der Waals surface area contributed by atoms with E-state index in [-0.39, 0.29) is 6.09 Å². The monoisotopic (exact) mass is 390 g/mol. The number of benzene rings is 1. The Morgan fingerprint density at radius 1 is 1.30 bits per heavy atom. The molecule has 1 fully saturated rings. The molecule has 0 spiro atoms. The van der Waals surface area contributed by atoms with Gasteiger partial charge in [-0.05, 0) is 49.8 Å². The molecule has 27 heavy (non-hydrogen) atoms. The zero-order chi connectivity index (χ0) is 19.8. The molecule has 0 radical (unpaired) electrons. The molecule has 5 nitrogen and oxygen atoms in total. The van der Waals surface area contributed by atoms with E-state index in [1.807, 2.05) is 32.9 Å². The van der Waals surface area contributed by atoms with Crippen LogP contribution in [0.1, 0.15) is 46.1 Å². The van der Waals surface area contributed by atoms with Crippen LogP contribution >= 0.6 is 11.6 Å². The third kappa shape index (κ3) is 4.64. The standard InChI is InChI=1S/C21H27ClN2O3/c1-13(2)15-6-7-18(17-9-23-19(22)8-16(15)17)26-12-14-10-24(11-14)20(25)27-21(3,4)5/h6-9,13-14H,10-12H2,1-5H3. The van der Waals surface area contributed by atoms with Gasteiger partial charge in [-0.15, -0.1) is 0 Å². The maximum Gasteiger partial charge on any atom is 0.410 e. The number of ether oxygens (including phenoxy) is 2. The van der Waals surface area contributed by atoms with Crippen LogP contribution < -0.4 is 4.74 Å². The van der Waals surface area contributed by atoms with Gasteiger partial charge < -0.3 is 14.4 Å². The second kappa shape index (κ2) is 7.55. The van der Waals surface area contributed by atoms with E-state index in [0.717, 1.165) is 16.5 Å². The Morgan fingerprint density at radius 2 is 2.00 bits per heavy atom. The molecule has 0 N–H and O–H groups in total. The molecule has 3 rings (SSSR count). The minimum Gasteiger partial charge on any atom is -0.492 e. The summed E-state index contributed by atoms with van der Waals surface area (Å²) in [5.41, 5.74) is 0.755. The largest absolute Gasteiger partial charge is 0.492 e. The lowest BCUT2D eigenvalue weighted by Crippen LogP contribution is -2.53. The van der Waals surface area contributed by atoms with E-state index in [4.69, 9.17) is 21.1 Å². The Labute approximate surface area is 165 Å². The fourth-order valence-electron chi connectivity index (χ4n) is 3.20. The molecule has 0 bridgehead atoms. The number of halogens is 1. The van der Waals surface area contributed by atoms with Crippen LogP contribution in [0, 0.1) is 5.92 Å². The van der Waals surface area contributed by atoms with Crippen molar-refractivity contribution in [3.05, 3.63) is 35.1 Å². The number of nitrogens with zero attached hydrogens (tertiary/aromatic N) is 2. The summed E-state index contributed by atoms with van der Waals surface area (Å²) in [6.45, 7) is 11.8. The van der Waals surface area contributed by atoms with Crippen LogP contribution in [0.4, 0.5) is 4.79 Å². The maximum atomic E-state index is 12.0. The van der Waals surface area contributed by atoms with Gasteiger partial charge in [-0.25, -0.2) is 9.78 Å². The van der Waals surface area contributed by atoms with Gasteiger partial charge in [-0.1, -0.05) is 31.5 Å². The van der Waals surface area contributed by atoms with Crippen molar-refractivity contribution >= 4 is 28.5 Å². The molecular weight excluding hydrogens is 364 g/mol. The number of hydrogen-bond acceptors (Lipinski definition) is 4. The molecule has 6 heteroatoms. The normalized spacial score (nSPS) is 15.1. The van der Waals surface area contributed by atoms with E-state index in [2.05, 4.69) is 24.9 Å². The number of pyridine rings is 1. The smallest absolute Gasteiger partial charge is 0.410 e. The second-order valence-corrected chi connectivity index (χ2v) is 8.81. The highest BCUT2D eigenvalue weighted by Gasteiger charge is 2.34. The number of rotatable bonds is 4. The molecule has 1 saturated heterocycles. The van der Waals surface area contributed by atoms with Gasteiger partial charge in [-0.2, -0.15) is 0 Å². The zero-order valence-corrected chi connectivity index (χ0v) is 17.3. The molecule has 0 saturated carbocycles. The number of aromatic nitrogens is 1. The van der Waals surface area contributed by atoms with Crippen LogP contribution in [0.5, 0.6) is 5.75 Å². The number of likely N-dealkylation sites (tertiary alicyclic amines) is 1. The average Bonchev–Trinajstić information content (AvgIpc) is 2.50. The summed E-state index contributed by atoms with van der Waals surface area (Å²) in [5.74, 6) is 1.49. The molecule has 0 aliphatic carbocycles. The summed E-state index contributed by atoms with van der Waals surface area (Å²) >= 11 is 6.10. The topological polar surface area (TPSA) is 51.7 Å². The number of carbonyl (C=O) groups excluding carboxylic acids is 1. The van der Waals surface area contributed by atoms with Crippen molar-refractivity contribution in [3.8, 4) is 5.75 Å². The summed E-state index contributed by atoms with van der Waals surface area (Å²) in [6, 6.07) is 5.98. The first-order valence-electron chi connectivity index (χ1n) is 9.33. The quantitative estimate of drug-likeness (QED) is 0.668. The first-order valence-corrected chi connectivity index (χ1v) is 9.70. The van der Waals surface area contributed by atoms with Crippen LogP contribution in [-0.4, -0.2) is 41.3 Å². The first-order chi connectivity index (χ1) is 12.6. The SMILES string of the molecule is CC(C)c1ccc(OCC2CN(C(=O)OC(C)(C)C)C2)c2cnc(Cl)cc12. The number of carbonyl (C=O) groups is 1. The Bertz CT molecular complexity index is 839. The molecule has 1 aromatic heterocycles. The van der Waals surface area contributed by atoms with E-state index in [1.165, 1.54) is 5.56 Å². The zero-order valence-electron chi connectivity index (χ0n) is 16.6. The molecule has 146 valence electrons. The van der Waals surface area contributed by atoms with Gasteiger partial charge in [0.05, 0.1) is 6.61 Å². The maximum absolute atomic E-state index is 12.0. The summed E-state index contributed by atoms with van der Waals surface area (Å²) in [5, 5.41) is 2.52. The van der Waals surface area contributed by atoms with Gasteiger partial charge in [0.15, 0.2) is 0 Å². The van der Waals surface area contributed by atoms with Crippen molar-refractivity contribution in [2.45, 2.75) is 46.1 Å². The fraction of sp³-hybridized carbons (Fsp3) is 0.524. The Morgan fingerprint density at radius 3 is 2.63 bits per heavy atom. The van der Waals surface area contributed by atoms with Crippen LogP contribution in [0.15, 0.2) is 24.4 Å². The third-order valence-corrected chi connectivity index (χ3v) is 4.77. The predicted octanol–water partition coefficient (Wildman–Crippen LogP) is 5.26. The van der Waals surface area contributed by atoms with Crippen LogP contribution in [0.3, 0.4) is 0 Å². The van der Waals surface area contributed by atoms with Gasteiger partial charge in [0.25, 0.3) is 0 Å². The van der Waals surface area contributed by atoms with E-state index in [9.17, 15) is 4.79 Å². The Balaban J connectivity index is 1.64. The Kier molecular flexibility index (Phi) is 5.52. The molecule has 2 heterocycles. The van der Waals surface area contributed by atoms with E-state index >= 15 is 0 Å². The van der Waals surface area contributed by atoms with Crippen molar-refractivity contribution in [2.75, 3.05) is 19.7 Å². The highest BCUT2D eigenvalue weighted by molar-refractivity contribution is 6.30. The fourth-order valence-corrected chi connectivity index (χ4v) is 3.36. The summed E-state index contributed by atoms with van der Waals surface area (Å²) < 4.78 is 11.4. The minimum atomic E-state index is -0.468. The van der Waals surface area contributed by atoms with Crippen LogP contribution in [-0.2, 0) is 4.74 Å². The number of hydrogen-bond donors (Lipinski definition) is 0. The molecule has 1 aliphatic heterocycles. The molecule has 2 aromatic rings. The molecule has 1 amide bonds. The van der Waals surface area contributed by atoms with Crippen molar-refractivity contribution in [2.24, 2.45) is 5.92 Å². The molecule has 1 aliphatic rings. The van der Waals surface area contributed by atoms with Crippen molar-refractivity contribution in [1.82, 2.24) is 9.88 Å². The summed E-state index contributed by atoms with van der Waals surface area (Å²) in [4.78, 5) is 17.9. The van der Waals surface area contributed by atoms with Gasteiger partial charge >= 0.3 is 6.09 Å². The van der Waals surface area contributed by atoms with E-state index < -0.39 is 5.60 Å². The van der Waals surface area contributed by atoms with Crippen LogP contribution in [0.25, 0.3) is 10.8 Å². The van der Waals surface area contributed by atoms with E-state index in [1.54, 1.807) is 11.1 Å². The average molecular weight is 391 g/mol. The molecule has 1 aromatic carbocycles.